The van der Waals surface area contributed by atoms with E-state index in [-0.39, 0.29) is 24.2 Å². The van der Waals surface area contributed by atoms with Crippen LogP contribution in [-0.4, -0.2) is 12.2 Å². The van der Waals surface area contributed by atoms with Crippen LogP contribution in [0.25, 0.3) is 0 Å². The van der Waals surface area contributed by atoms with Crippen LogP contribution in [0.1, 0.15) is 18.5 Å². The summed E-state index contributed by atoms with van der Waals surface area (Å²) in [6, 6.07) is 5.06. The van der Waals surface area contributed by atoms with Gasteiger partial charge in [0.05, 0.1) is 7.11 Å². The average molecular weight is 204 g/mol. The molecule has 1 aromatic carbocycles. The molecule has 0 fully saturated rings. The van der Waals surface area contributed by atoms with E-state index in [1.807, 2.05) is 6.92 Å². The van der Waals surface area contributed by atoms with E-state index in [1.165, 1.54) is 7.11 Å². The predicted octanol–water partition coefficient (Wildman–Crippen LogP) is 1.84. The molecule has 0 aliphatic rings. The van der Waals surface area contributed by atoms with Gasteiger partial charge in [-0.25, -0.2) is 0 Å². The van der Waals surface area contributed by atoms with Crippen molar-refractivity contribution in [2.24, 2.45) is 5.73 Å². The molecule has 0 saturated carbocycles. The van der Waals surface area contributed by atoms with Gasteiger partial charge < -0.3 is 15.6 Å². The molecule has 0 saturated heterocycles. The normalized spacial score (nSPS) is 11.6. The third-order valence-electron chi connectivity index (χ3n) is 1.73. The maximum Gasteiger partial charge on any atom is 0.160 e. The number of methoxy groups -OCH3 is 1. The molecule has 0 heterocycles. The number of phenolic OH excluding ortho intramolecular Hbond substituents is 1. The first-order valence-corrected chi connectivity index (χ1v) is 3.77. The van der Waals surface area contributed by atoms with Crippen molar-refractivity contribution in [2.75, 3.05) is 7.11 Å². The van der Waals surface area contributed by atoms with Crippen LogP contribution in [0, 0.1) is 0 Å². The van der Waals surface area contributed by atoms with E-state index in [0.29, 0.717) is 5.75 Å². The number of ether oxygens (including phenoxy) is 1. The Kier molecular flexibility index (Phi) is 4.59. The molecule has 74 valence electrons. The van der Waals surface area contributed by atoms with E-state index < -0.39 is 0 Å². The zero-order valence-electron chi connectivity index (χ0n) is 7.65. The van der Waals surface area contributed by atoms with Crippen molar-refractivity contribution in [3.63, 3.8) is 0 Å². The summed E-state index contributed by atoms with van der Waals surface area (Å²) in [5.74, 6) is 0.603. The summed E-state index contributed by atoms with van der Waals surface area (Å²) in [5, 5.41) is 9.25. The maximum absolute atomic E-state index is 9.25. The van der Waals surface area contributed by atoms with Gasteiger partial charge >= 0.3 is 0 Å². The first-order valence-electron chi connectivity index (χ1n) is 3.77. The number of hydrogen-bond acceptors (Lipinski definition) is 3. The van der Waals surface area contributed by atoms with Gasteiger partial charge in [0.1, 0.15) is 0 Å². The van der Waals surface area contributed by atoms with Crippen molar-refractivity contribution in [3.8, 4) is 11.5 Å². The second-order valence-electron chi connectivity index (χ2n) is 2.72. The van der Waals surface area contributed by atoms with Crippen molar-refractivity contribution in [2.45, 2.75) is 13.0 Å². The van der Waals surface area contributed by atoms with Crippen LogP contribution in [-0.2, 0) is 0 Å². The van der Waals surface area contributed by atoms with Gasteiger partial charge in [-0.05, 0) is 24.6 Å². The number of benzene rings is 1. The van der Waals surface area contributed by atoms with Crippen LogP contribution in [0.15, 0.2) is 18.2 Å². The van der Waals surface area contributed by atoms with Crippen LogP contribution >= 0.6 is 12.4 Å². The first kappa shape index (κ1) is 12.1. The predicted molar refractivity (Wildman–Crippen MR) is 54.5 cm³/mol. The second-order valence-corrected chi connectivity index (χ2v) is 2.72. The lowest BCUT2D eigenvalue weighted by Crippen LogP contribution is -2.04. The summed E-state index contributed by atoms with van der Waals surface area (Å²) in [7, 11) is 1.51. The van der Waals surface area contributed by atoms with Crippen molar-refractivity contribution in [1.29, 1.82) is 0 Å². The Balaban J connectivity index is 0.00000144. The molecule has 4 heteroatoms. The molecule has 0 amide bonds. The quantitative estimate of drug-likeness (QED) is 0.771. The monoisotopic (exact) mass is 203 g/mol. The van der Waals surface area contributed by atoms with Gasteiger partial charge in [0.2, 0.25) is 0 Å². The first-order chi connectivity index (χ1) is 5.65. The highest BCUT2D eigenvalue weighted by Crippen LogP contribution is 2.27. The Labute approximate surface area is 83.9 Å². The molecular weight excluding hydrogens is 190 g/mol. The fourth-order valence-electron chi connectivity index (χ4n) is 0.977. The van der Waals surface area contributed by atoms with Gasteiger partial charge in [0, 0.05) is 6.04 Å². The molecule has 3 N–H and O–H groups in total. The highest BCUT2D eigenvalue weighted by molar-refractivity contribution is 5.85. The third-order valence-corrected chi connectivity index (χ3v) is 1.73. The van der Waals surface area contributed by atoms with Gasteiger partial charge in [-0.3, -0.25) is 0 Å². The Bertz CT molecular complexity index is 276. The molecule has 0 aliphatic heterocycles. The largest absolute Gasteiger partial charge is 0.504 e. The summed E-state index contributed by atoms with van der Waals surface area (Å²) in [6.07, 6.45) is 0. The average Bonchev–Trinajstić information content (AvgIpc) is 2.05. The smallest absolute Gasteiger partial charge is 0.160 e. The standard InChI is InChI=1S/C9H13NO2.ClH/c1-6(10)7-3-4-8(11)9(5-7)12-2;/h3-6,11H,10H2,1-2H3;1H. The van der Waals surface area contributed by atoms with Crippen LogP contribution in [0.3, 0.4) is 0 Å². The van der Waals surface area contributed by atoms with Crippen LogP contribution in [0.4, 0.5) is 0 Å². The molecule has 0 radical (unpaired) electrons. The van der Waals surface area contributed by atoms with Crippen molar-refractivity contribution in [3.05, 3.63) is 23.8 Å². The summed E-state index contributed by atoms with van der Waals surface area (Å²) in [4.78, 5) is 0. The molecule has 1 atom stereocenters. The van der Waals surface area contributed by atoms with Crippen LogP contribution in [0.5, 0.6) is 11.5 Å². The summed E-state index contributed by atoms with van der Waals surface area (Å²) in [5.41, 5.74) is 6.60. The SMILES string of the molecule is COc1cc(C(C)N)ccc1O.Cl. The highest BCUT2D eigenvalue weighted by atomic mass is 35.5. The number of aromatic hydroxyl groups is 1. The van der Waals surface area contributed by atoms with Gasteiger partial charge in [0.15, 0.2) is 11.5 Å². The van der Waals surface area contributed by atoms with Crippen LogP contribution in [0.2, 0.25) is 0 Å². The molecule has 0 spiro atoms. The minimum absolute atomic E-state index is 0. The van der Waals surface area contributed by atoms with Crippen molar-refractivity contribution < 1.29 is 9.84 Å². The zero-order chi connectivity index (χ0) is 9.14. The Morgan fingerprint density at radius 3 is 2.54 bits per heavy atom. The van der Waals surface area contributed by atoms with E-state index in [1.54, 1.807) is 18.2 Å². The molecular formula is C9H14ClNO2. The maximum atomic E-state index is 9.25. The van der Waals surface area contributed by atoms with Gasteiger partial charge in [-0.15, -0.1) is 12.4 Å². The number of hydrogen-bond donors (Lipinski definition) is 2. The summed E-state index contributed by atoms with van der Waals surface area (Å²) >= 11 is 0. The van der Waals surface area contributed by atoms with E-state index in [2.05, 4.69) is 0 Å². The highest BCUT2D eigenvalue weighted by Gasteiger charge is 2.04. The number of rotatable bonds is 2. The van der Waals surface area contributed by atoms with E-state index in [4.69, 9.17) is 10.5 Å². The van der Waals surface area contributed by atoms with Gasteiger partial charge in [-0.1, -0.05) is 6.07 Å². The van der Waals surface area contributed by atoms with Crippen molar-refractivity contribution in [1.82, 2.24) is 0 Å². The van der Waals surface area contributed by atoms with Crippen molar-refractivity contribution >= 4 is 12.4 Å². The lowest BCUT2D eigenvalue weighted by Gasteiger charge is -2.08. The summed E-state index contributed by atoms with van der Waals surface area (Å²) in [6.45, 7) is 1.88. The number of phenols is 1. The minimum Gasteiger partial charge on any atom is -0.504 e. The van der Waals surface area contributed by atoms with Gasteiger partial charge in [-0.2, -0.15) is 0 Å². The zero-order valence-corrected chi connectivity index (χ0v) is 8.47. The molecule has 0 bridgehead atoms. The Hall–Kier alpha value is -0.930. The second kappa shape index (κ2) is 4.94. The number of nitrogens with two attached hydrogens (primary N) is 1. The third kappa shape index (κ3) is 2.79. The Morgan fingerprint density at radius 2 is 2.08 bits per heavy atom. The lowest BCUT2D eigenvalue weighted by atomic mass is 10.1. The Morgan fingerprint density at radius 1 is 1.46 bits per heavy atom. The number of halogens is 1. The lowest BCUT2D eigenvalue weighted by molar-refractivity contribution is 0.372. The molecule has 13 heavy (non-hydrogen) atoms. The fraction of sp³-hybridized carbons (Fsp3) is 0.333. The molecule has 1 rings (SSSR count). The molecule has 1 unspecified atom stereocenters. The van der Waals surface area contributed by atoms with E-state index in [9.17, 15) is 5.11 Å². The summed E-state index contributed by atoms with van der Waals surface area (Å²) < 4.78 is 4.93. The van der Waals surface area contributed by atoms with E-state index >= 15 is 0 Å². The fourth-order valence-corrected chi connectivity index (χ4v) is 0.977. The molecule has 1 aromatic rings. The minimum atomic E-state index is -0.0421. The van der Waals surface area contributed by atoms with E-state index in [0.717, 1.165) is 5.56 Å². The van der Waals surface area contributed by atoms with Gasteiger partial charge in [0.25, 0.3) is 0 Å². The molecule has 0 aliphatic carbocycles. The molecule has 3 nitrogen and oxygen atoms in total. The molecule has 0 aromatic heterocycles. The van der Waals surface area contributed by atoms with Crippen LogP contribution < -0.4 is 10.5 Å². The topological polar surface area (TPSA) is 55.5 Å².